The number of ether oxygens (including phenoxy) is 1. The predicted molar refractivity (Wildman–Crippen MR) is 66.4 cm³/mol. The predicted octanol–water partition coefficient (Wildman–Crippen LogP) is 2.29. The summed E-state index contributed by atoms with van der Waals surface area (Å²) in [6.07, 6.45) is 0.0741. The van der Waals surface area contributed by atoms with Crippen molar-refractivity contribution in [3.63, 3.8) is 0 Å². The zero-order chi connectivity index (χ0) is 11.8. The van der Waals surface area contributed by atoms with Crippen LogP contribution < -0.4 is 9.64 Å². The molecule has 2 aromatic rings. The summed E-state index contributed by atoms with van der Waals surface area (Å²) < 4.78 is 6.02. The first kappa shape index (κ1) is 10.2. The number of fused-ring (bicyclic) bond motifs is 1. The Labute approximate surface area is 100 Å². The van der Waals surface area contributed by atoms with Crippen LogP contribution in [-0.4, -0.2) is 23.8 Å². The normalized spacial score (nSPS) is 18.7. The average molecular weight is 229 g/mol. The van der Waals surface area contributed by atoms with Crippen molar-refractivity contribution in [2.24, 2.45) is 0 Å². The van der Waals surface area contributed by atoms with Crippen molar-refractivity contribution < 1.29 is 4.74 Å². The van der Waals surface area contributed by atoms with Gasteiger partial charge in [-0.2, -0.15) is 5.10 Å². The van der Waals surface area contributed by atoms with Crippen LogP contribution in [0.2, 0.25) is 0 Å². The van der Waals surface area contributed by atoms with Crippen molar-refractivity contribution in [1.29, 1.82) is 0 Å². The number of likely N-dealkylation sites (N-methyl/N-ethyl adjacent to an activating group) is 1. The van der Waals surface area contributed by atoms with Crippen molar-refractivity contribution in [3.8, 4) is 5.75 Å². The van der Waals surface area contributed by atoms with Crippen molar-refractivity contribution in [2.45, 2.75) is 13.0 Å². The van der Waals surface area contributed by atoms with E-state index in [1.54, 1.807) is 0 Å². The van der Waals surface area contributed by atoms with E-state index in [9.17, 15) is 0 Å². The van der Waals surface area contributed by atoms with Crippen LogP contribution in [0.4, 0.5) is 5.82 Å². The lowest BCUT2D eigenvalue weighted by Gasteiger charge is -2.31. The average Bonchev–Trinajstić information content (AvgIpc) is 2.73. The van der Waals surface area contributed by atoms with Gasteiger partial charge in [0.25, 0.3) is 0 Å². The van der Waals surface area contributed by atoms with E-state index in [-0.39, 0.29) is 6.10 Å². The van der Waals surface area contributed by atoms with E-state index in [2.05, 4.69) is 27.2 Å². The summed E-state index contributed by atoms with van der Waals surface area (Å²) in [6.45, 7) is 2.80. The second-order valence-electron chi connectivity index (χ2n) is 4.40. The zero-order valence-electron chi connectivity index (χ0n) is 9.97. The van der Waals surface area contributed by atoms with E-state index in [1.165, 1.54) is 5.56 Å². The molecule has 0 fully saturated rings. The maximum absolute atomic E-state index is 6.02. The van der Waals surface area contributed by atoms with E-state index in [0.717, 1.165) is 23.8 Å². The van der Waals surface area contributed by atoms with Gasteiger partial charge < -0.3 is 9.64 Å². The molecule has 17 heavy (non-hydrogen) atoms. The molecule has 88 valence electrons. The molecule has 0 saturated carbocycles. The van der Waals surface area contributed by atoms with Gasteiger partial charge in [-0.1, -0.05) is 30.3 Å². The van der Waals surface area contributed by atoms with Crippen molar-refractivity contribution in [3.05, 3.63) is 41.6 Å². The minimum atomic E-state index is 0.0741. The highest BCUT2D eigenvalue weighted by molar-refractivity contribution is 5.56. The van der Waals surface area contributed by atoms with E-state index in [1.807, 2.05) is 32.2 Å². The fraction of sp³-hybridized carbons (Fsp3) is 0.308. The first-order valence-corrected chi connectivity index (χ1v) is 5.73. The van der Waals surface area contributed by atoms with Gasteiger partial charge >= 0.3 is 0 Å². The zero-order valence-corrected chi connectivity index (χ0v) is 9.97. The maximum Gasteiger partial charge on any atom is 0.193 e. The molecule has 1 aliphatic rings. The maximum atomic E-state index is 6.02. The molecule has 1 aromatic heterocycles. The summed E-state index contributed by atoms with van der Waals surface area (Å²) in [5.74, 6) is 1.77. The highest BCUT2D eigenvalue weighted by atomic mass is 16.5. The lowest BCUT2D eigenvalue weighted by molar-refractivity contribution is 0.198. The lowest BCUT2D eigenvalue weighted by Crippen LogP contribution is -2.32. The largest absolute Gasteiger partial charge is 0.478 e. The highest BCUT2D eigenvalue weighted by Crippen LogP contribution is 2.37. The molecule has 4 heteroatoms. The second-order valence-corrected chi connectivity index (χ2v) is 4.40. The second kappa shape index (κ2) is 3.80. The Morgan fingerprint density at radius 2 is 2.12 bits per heavy atom. The summed E-state index contributed by atoms with van der Waals surface area (Å²) in [7, 11) is 2.04. The van der Waals surface area contributed by atoms with E-state index < -0.39 is 0 Å². The first-order chi connectivity index (χ1) is 8.25. The molecule has 4 nitrogen and oxygen atoms in total. The first-order valence-electron chi connectivity index (χ1n) is 5.73. The standard InChI is InChI=1S/C13H15N3O/c1-9-12-13(15-14-9)16(2)8-11(17-12)10-6-4-3-5-7-10/h3-7,11H,8H2,1-2H3,(H,14,15). The Morgan fingerprint density at radius 1 is 1.35 bits per heavy atom. The van der Waals surface area contributed by atoms with Gasteiger partial charge in [0.15, 0.2) is 11.6 Å². The summed E-state index contributed by atoms with van der Waals surface area (Å²) in [5.41, 5.74) is 2.18. The van der Waals surface area contributed by atoms with Crippen molar-refractivity contribution in [1.82, 2.24) is 10.2 Å². The number of anilines is 1. The third-order valence-corrected chi connectivity index (χ3v) is 3.11. The lowest BCUT2D eigenvalue weighted by atomic mass is 10.1. The van der Waals surface area contributed by atoms with Gasteiger partial charge in [-0.05, 0) is 12.5 Å². The summed E-state index contributed by atoms with van der Waals surface area (Å²) in [6, 6.07) is 10.3. The molecular weight excluding hydrogens is 214 g/mol. The number of aromatic nitrogens is 2. The van der Waals surface area contributed by atoms with Gasteiger partial charge in [-0.25, -0.2) is 0 Å². The number of nitrogens with zero attached hydrogens (tertiary/aromatic N) is 2. The molecular formula is C13H15N3O. The molecule has 0 saturated heterocycles. The third-order valence-electron chi connectivity index (χ3n) is 3.11. The molecule has 3 rings (SSSR count). The summed E-state index contributed by atoms with van der Waals surface area (Å²) in [4.78, 5) is 2.12. The van der Waals surface area contributed by atoms with Crippen molar-refractivity contribution >= 4 is 5.82 Å². The number of nitrogens with one attached hydrogen (secondary N) is 1. The number of H-pyrrole nitrogens is 1. The molecule has 2 heterocycles. The summed E-state index contributed by atoms with van der Waals surface area (Å²) in [5, 5.41) is 7.21. The number of hydrogen-bond donors (Lipinski definition) is 1. The van der Waals surface area contributed by atoms with Gasteiger partial charge in [0.1, 0.15) is 6.10 Å². The number of hydrogen-bond acceptors (Lipinski definition) is 3. The van der Waals surface area contributed by atoms with Crippen molar-refractivity contribution in [2.75, 3.05) is 18.5 Å². The van der Waals surface area contributed by atoms with Crippen LogP contribution in [-0.2, 0) is 0 Å². The molecule has 1 unspecified atom stereocenters. The molecule has 1 N–H and O–H groups in total. The van der Waals surface area contributed by atoms with E-state index >= 15 is 0 Å². The Balaban J connectivity index is 1.96. The van der Waals surface area contributed by atoms with Gasteiger partial charge in [0.2, 0.25) is 0 Å². The van der Waals surface area contributed by atoms with Gasteiger partial charge in [0, 0.05) is 7.05 Å². The molecule has 1 aromatic carbocycles. The van der Waals surface area contributed by atoms with Gasteiger partial charge in [0.05, 0.1) is 12.2 Å². The molecule has 1 atom stereocenters. The van der Waals surface area contributed by atoms with Gasteiger partial charge in [-0.15, -0.1) is 0 Å². The Kier molecular flexibility index (Phi) is 2.28. The molecule has 0 spiro atoms. The molecule has 1 aliphatic heterocycles. The molecule has 0 radical (unpaired) electrons. The minimum absolute atomic E-state index is 0.0741. The third kappa shape index (κ3) is 1.65. The number of rotatable bonds is 1. The van der Waals surface area contributed by atoms with Crippen LogP contribution in [0, 0.1) is 6.92 Å². The fourth-order valence-corrected chi connectivity index (χ4v) is 2.16. The number of aryl methyl sites for hydroxylation is 1. The molecule has 0 aliphatic carbocycles. The van der Waals surface area contributed by atoms with E-state index in [0.29, 0.717) is 0 Å². The molecule has 0 amide bonds. The van der Waals surface area contributed by atoms with Crippen LogP contribution in [0.15, 0.2) is 30.3 Å². The van der Waals surface area contributed by atoms with Crippen LogP contribution in [0.25, 0.3) is 0 Å². The highest BCUT2D eigenvalue weighted by Gasteiger charge is 2.28. The summed E-state index contributed by atoms with van der Waals surface area (Å²) >= 11 is 0. The quantitative estimate of drug-likeness (QED) is 0.815. The van der Waals surface area contributed by atoms with E-state index in [4.69, 9.17) is 4.74 Å². The fourth-order valence-electron chi connectivity index (χ4n) is 2.16. The topological polar surface area (TPSA) is 41.1 Å². The smallest absolute Gasteiger partial charge is 0.193 e. The Bertz CT molecular complexity index is 521. The Hall–Kier alpha value is -1.97. The number of aromatic amines is 1. The monoisotopic (exact) mass is 229 g/mol. The Morgan fingerprint density at radius 3 is 2.88 bits per heavy atom. The number of benzene rings is 1. The van der Waals surface area contributed by atoms with Gasteiger partial charge in [-0.3, -0.25) is 5.10 Å². The SMILES string of the molecule is Cc1[nH]nc2c1OC(c1ccccc1)CN2C. The van der Waals surface area contributed by atoms with Crippen LogP contribution >= 0.6 is 0 Å². The minimum Gasteiger partial charge on any atom is -0.478 e. The van der Waals surface area contributed by atoms with Crippen LogP contribution in [0.1, 0.15) is 17.4 Å². The van der Waals surface area contributed by atoms with Crippen LogP contribution in [0.5, 0.6) is 5.75 Å². The van der Waals surface area contributed by atoms with Crippen LogP contribution in [0.3, 0.4) is 0 Å². The molecule has 0 bridgehead atoms.